The molecule has 2 heterocycles. The summed E-state index contributed by atoms with van der Waals surface area (Å²) in [6.45, 7) is 0. The highest BCUT2D eigenvalue weighted by molar-refractivity contribution is 5.87. The Morgan fingerprint density at radius 2 is 2.07 bits per heavy atom. The van der Waals surface area contributed by atoms with Crippen molar-refractivity contribution in [3.63, 3.8) is 0 Å². The first-order chi connectivity index (χ1) is 6.75. The second kappa shape index (κ2) is 2.28. The van der Waals surface area contributed by atoms with Crippen molar-refractivity contribution in [1.82, 2.24) is 21.0 Å². The summed E-state index contributed by atoms with van der Waals surface area (Å²) in [4.78, 5) is 22.6. The summed E-state index contributed by atoms with van der Waals surface area (Å²) in [5, 5.41) is 5.27. The highest BCUT2D eigenvalue weighted by atomic mass is 16.2. The van der Waals surface area contributed by atoms with Crippen LogP contribution in [0.5, 0.6) is 0 Å². The van der Waals surface area contributed by atoms with Crippen LogP contribution in [-0.2, 0) is 11.2 Å². The topological polar surface area (TPSA) is 89.8 Å². The number of nitrogens with one attached hydrogen (secondary N) is 4. The van der Waals surface area contributed by atoms with Crippen molar-refractivity contribution in [2.75, 3.05) is 0 Å². The molecule has 1 aliphatic carbocycles. The maximum absolute atomic E-state index is 11.3. The van der Waals surface area contributed by atoms with Crippen LogP contribution in [0.4, 0.5) is 0 Å². The Morgan fingerprint density at radius 3 is 2.93 bits per heavy atom. The Kier molecular flexibility index (Phi) is 1.21. The number of aromatic amines is 2. The lowest BCUT2D eigenvalue weighted by Gasteiger charge is -2.12. The molecule has 1 amide bonds. The maximum Gasteiger partial charge on any atom is 0.271 e. The van der Waals surface area contributed by atoms with Gasteiger partial charge in [-0.25, -0.2) is 0 Å². The Balaban J connectivity index is 2.17. The van der Waals surface area contributed by atoms with E-state index in [1.54, 1.807) is 6.08 Å². The van der Waals surface area contributed by atoms with E-state index in [2.05, 4.69) is 21.0 Å². The molecule has 0 spiro atoms. The Morgan fingerprint density at radius 1 is 1.21 bits per heavy atom. The maximum atomic E-state index is 11.3. The molecule has 0 bridgehead atoms. The van der Waals surface area contributed by atoms with Gasteiger partial charge in [-0.3, -0.25) is 20.1 Å². The van der Waals surface area contributed by atoms with Gasteiger partial charge in [0.1, 0.15) is 0 Å². The number of aromatic nitrogens is 2. The second-order valence-electron chi connectivity index (χ2n) is 3.44. The molecule has 6 heteroatoms. The van der Waals surface area contributed by atoms with E-state index in [4.69, 9.17) is 0 Å². The van der Waals surface area contributed by atoms with Crippen LogP contribution in [-0.4, -0.2) is 16.1 Å². The van der Waals surface area contributed by atoms with Crippen LogP contribution in [0.2, 0.25) is 0 Å². The standard InChI is InChI=1S/C8H8N4O2/c13-7-3-1-5-4(8(14)12-9-5)2-6(3)10-11-7/h1,4,9H,2H2,(H,12,14)(H2,10,11,13). The number of hydrazine groups is 1. The Bertz CT molecular complexity index is 496. The molecule has 1 aliphatic heterocycles. The molecule has 1 aromatic rings. The smallest absolute Gasteiger partial charge is 0.271 e. The minimum Gasteiger partial charge on any atom is -0.302 e. The molecular formula is C8H8N4O2. The highest BCUT2D eigenvalue weighted by Gasteiger charge is 2.34. The zero-order valence-electron chi connectivity index (χ0n) is 7.18. The minimum atomic E-state index is -0.186. The summed E-state index contributed by atoms with van der Waals surface area (Å²) in [5.41, 5.74) is 7.31. The number of carbonyl (C=O) groups excluding carboxylic acids is 1. The normalized spacial score (nSPS) is 23.3. The first-order valence-corrected chi connectivity index (χ1v) is 4.32. The molecule has 1 unspecified atom stereocenters. The van der Waals surface area contributed by atoms with Gasteiger partial charge in [0, 0.05) is 17.8 Å². The van der Waals surface area contributed by atoms with Gasteiger partial charge in [-0.2, -0.15) is 0 Å². The van der Waals surface area contributed by atoms with Gasteiger partial charge in [0.15, 0.2) is 0 Å². The third-order valence-electron chi connectivity index (χ3n) is 2.63. The number of fused-ring (bicyclic) bond motifs is 2. The van der Waals surface area contributed by atoms with Gasteiger partial charge < -0.3 is 10.5 Å². The van der Waals surface area contributed by atoms with Crippen LogP contribution >= 0.6 is 0 Å². The Hall–Kier alpha value is -1.98. The van der Waals surface area contributed by atoms with Crippen molar-refractivity contribution < 1.29 is 4.79 Å². The fourth-order valence-electron chi connectivity index (χ4n) is 1.87. The first-order valence-electron chi connectivity index (χ1n) is 4.32. The molecule has 72 valence electrons. The number of carbonyl (C=O) groups is 1. The first kappa shape index (κ1) is 7.43. The van der Waals surface area contributed by atoms with E-state index in [-0.39, 0.29) is 17.4 Å². The number of H-pyrrole nitrogens is 2. The molecule has 0 radical (unpaired) electrons. The number of amides is 1. The molecule has 6 nitrogen and oxygen atoms in total. The molecule has 3 rings (SSSR count). The van der Waals surface area contributed by atoms with E-state index in [1.807, 2.05) is 0 Å². The summed E-state index contributed by atoms with van der Waals surface area (Å²) >= 11 is 0. The van der Waals surface area contributed by atoms with Crippen molar-refractivity contribution in [3.05, 3.63) is 27.3 Å². The van der Waals surface area contributed by atoms with E-state index >= 15 is 0 Å². The summed E-state index contributed by atoms with van der Waals surface area (Å²) < 4.78 is 0. The van der Waals surface area contributed by atoms with Gasteiger partial charge in [0.2, 0.25) is 5.91 Å². The monoisotopic (exact) mass is 192 g/mol. The predicted octanol–water partition coefficient (Wildman–Crippen LogP) is -1.15. The number of hydrogen-bond donors (Lipinski definition) is 4. The molecule has 1 atom stereocenters. The number of hydrogen-bond acceptors (Lipinski definition) is 3. The zero-order valence-corrected chi connectivity index (χ0v) is 7.18. The number of rotatable bonds is 0. The average Bonchev–Trinajstić information content (AvgIpc) is 2.71. The SMILES string of the molecule is O=C1NNC2=Cc3c([nH][nH]c3=O)CC12. The molecule has 1 fully saturated rings. The minimum absolute atomic E-state index is 0.0519. The third-order valence-corrected chi connectivity index (χ3v) is 2.63. The van der Waals surface area contributed by atoms with E-state index in [0.717, 1.165) is 11.4 Å². The van der Waals surface area contributed by atoms with Gasteiger partial charge in [-0.05, 0) is 6.08 Å². The molecule has 0 saturated carbocycles. The average molecular weight is 192 g/mol. The Labute approximate surface area is 78.3 Å². The van der Waals surface area contributed by atoms with Gasteiger partial charge in [0.05, 0.1) is 11.5 Å². The molecule has 14 heavy (non-hydrogen) atoms. The summed E-state index contributed by atoms with van der Waals surface area (Å²) in [6.07, 6.45) is 2.25. The van der Waals surface area contributed by atoms with Gasteiger partial charge >= 0.3 is 0 Å². The van der Waals surface area contributed by atoms with Crippen molar-refractivity contribution in [3.8, 4) is 0 Å². The van der Waals surface area contributed by atoms with Crippen molar-refractivity contribution >= 4 is 12.0 Å². The lowest BCUT2D eigenvalue weighted by atomic mass is 9.92. The van der Waals surface area contributed by atoms with Gasteiger partial charge in [0.25, 0.3) is 5.56 Å². The molecule has 1 aromatic heterocycles. The van der Waals surface area contributed by atoms with Crippen molar-refractivity contribution in [2.24, 2.45) is 5.92 Å². The lowest BCUT2D eigenvalue weighted by Crippen LogP contribution is -2.26. The van der Waals surface area contributed by atoms with E-state index in [9.17, 15) is 9.59 Å². The van der Waals surface area contributed by atoms with Crippen LogP contribution in [0.1, 0.15) is 11.3 Å². The van der Waals surface area contributed by atoms with Crippen LogP contribution in [0, 0.1) is 5.92 Å². The summed E-state index contributed by atoms with van der Waals surface area (Å²) in [6, 6.07) is 0. The van der Waals surface area contributed by atoms with E-state index in [1.165, 1.54) is 0 Å². The third kappa shape index (κ3) is 0.795. The molecule has 4 N–H and O–H groups in total. The van der Waals surface area contributed by atoms with Gasteiger partial charge in [-0.15, -0.1) is 0 Å². The fraction of sp³-hybridized carbons (Fsp3) is 0.250. The van der Waals surface area contributed by atoms with Crippen LogP contribution in [0.15, 0.2) is 10.5 Å². The highest BCUT2D eigenvalue weighted by Crippen LogP contribution is 2.26. The quantitative estimate of drug-likeness (QED) is 0.418. The van der Waals surface area contributed by atoms with Crippen molar-refractivity contribution in [1.29, 1.82) is 0 Å². The molecule has 2 aliphatic rings. The van der Waals surface area contributed by atoms with E-state index < -0.39 is 0 Å². The molecule has 1 saturated heterocycles. The second-order valence-corrected chi connectivity index (χ2v) is 3.44. The summed E-state index contributed by atoms with van der Waals surface area (Å²) in [5.74, 6) is -0.238. The summed E-state index contributed by atoms with van der Waals surface area (Å²) in [7, 11) is 0. The predicted molar refractivity (Wildman–Crippen MR) is 47.9 cm³/mol. The lowest BCUT2D eigenvalue weighted by molar-refractivity contribution is -0.122. The largest absolute Gasteiger partial charge is 0.302 e. The van der Waals surface area contributed by atoms with Crippen molar-refractivity contribution in [2.45, 2.75) is 6.42 Å². The van der Waals surface area contributed by atoms with Crippen LogP contribution in [0.3, 0.4) is 0 Å². The van der Waals surface area contributed by atoms with Crippen LogP contribution < -0.4 is 16.4 Å². The fourth-order valence-corrected chi connectivity index (χ4v) is 1.87. The van der Waals surface area contributed by atoms with E-state index in [0.29, 0.717) is 12.0 Å². The van der Waals surface area contributed by atoms with Gasteiger partial charge in [-0.1, -0.05) is 0 Å². The zero-order chi connectivity index (χ0) is 9.71. The van der Waals surface area contributed by atoms with Crippen LogP contribution in [0.25, 0.3) is 6.08 Å². The molecular weight excluding hydrogens is 184 g/mol. The molecule has 0 aromatic carbocycles.